The Morgan fingerprint density at radius 1 is 1.11 bits per heavy atom. The molecule has 0 saturated carbocycles. The van der Waals surface area contributed by atoms with Gasteiger partial charge in [0.05, 0.1) is 6.54 Å². The van der Waals surface area contributed by atoms with Crippen LogP contribution in [0.3, 0.4) is 0 Å². The number of nitrogens with one attached hydrogen (secondary N) is 2. The van der Waals surface area contributed by atoms with Crippen LogP contribution in [0.25, 0.3) is 11.2 Å². The summed E-state index contributed by atoms with van der Waals surface area (Å²) >= 11 is 0. The van der Waals surface area contributed by atoms with E-state index in [1.54, 1.807) is 0 Å². The van der Waals surface area contributed by atoms with Crippen LogP contribution in [0.15, 0.2) is 30.3 Å². The van der Waals surface area contributed by atoms with E-state index in [0.717, 1.165) is 48.7 Å². The molecule has 1 aromatic carbocycles. The lowest BCUT2D eigenvalue weighted by Crippen LogP contribution is -2.35. The molecule has 1 aliphatic heterocycles. The molecule has 0 spiro atoms. The van der Waals surface area contributed by atoms with Gasteiger partial charge in [-0.1, -0.05) is 19.1 Å². The predicted octanol–water partition coefficient (Wildman–Crippen LogP) is 3.82. The topological polar surface area (TPSA) is 54.8 Å². The standard InChI is InChI=1S/C22H29N5/c1-4-20-26-21-15(2)13-16(3)24-22(21)27(20)14-17-5-7-18(8-6-17)25-19-9-11-23-12-10-19/h5-8,13,19,23,25H,4,9-12,14H2,1-3H3. The van der Waals surface area contributed by atoms with E-state index in [4.69, 9.17) is 9.97 Å². The van der Waals surface area contributed by atoms with Gasteiger partial charge in [-0.2, -0.15) is 0 Å². The molecule has 27 heavy (non-hydrogen) atoms. The molecule has 0 radical (unpaired) electrons. The fraction of sp³-hybridized carbons (Fsp3) is 0.455. The molecule has 142 valence electrons. The molecule has 2 N–H and O–H groups in total. The normalized spacial score (nSPS) is 15.4. The first-order chi connectivity index (χ1) is 13.1. The monoisotopic (exact) mass is 363 g/mol. The highest BCUT2D eigenvalue weighted by Crippen LogP contribution is 2.22. The van der Waals surface area contributed by atoms with Crippen LogP contribution in [0, 0.1) is 13.8 Å². The lowest BCUT2D eigenvalue weighted by atomic mass is 10.1. The van der Waals surface area contributed by atoms with Gasteiger partial charge in [-0.05, 0) is 69.1 Å². The summed E-state index contributed by atoms with van der Waals surface area (Å²) in [5.74, 6) is 1.10. The van der Waals surface area contributed by atoms with Crippen molar-refractivity contribution >= 4 is 16.9 Å². The van der Waals surface area contributed by atoms with Crippen LogP contribution < -0.4 is 10.6 Å². The van der Waals surface area contributed by atoms with Gasteiger partial charge in [0.2, 0.25) is 0 Å². The Balaban J connectivity index is 1.56. The van der Waals surface area contributed by atoms with E-state index < -0.39 is 0 Å². The van der Waals surface area contributed by atoms with Crippen LogP contribution in [0.1, 0.15) is 42.4 Å². The number of piperidine rings is 1. The Kier molecular flexibility index (Phi) is 5.12. The van der Waals surface area contributed by atoms with Crippen molar-refractivity contribution in [2.45, 2.75) is 52.6 Å². The molecule has 0 amide bonds. The van der Waals surface area contributed by atoms with Gasteiger partial charge in [0.15, 0.2) is 5.65 Å². The molecule has 5 heteroatoms. The second-order valence-electron chi connectivity index (χ2n) is 7.59. The minimum Gasteiger partial charge on any atom is -0.382 e. The molecule has 0 atom stereocenters. The lowest BCUT2D eigenvalue weighted by Gasteiger charge is -2.24. The number of nitrogens with zero attached hydrogens (tertiary/aromatic N) is 3. The molecule has 3 heterocycles. The second kappa shape index (κ2) is 7.69. The highest BCUT2D eigenvalue weighted by molar-refractivity contribution is 5.76. The van der Waals surface area contributed by atoms with Crippen molar-refractivity contribution in [1.29, 1.82) is 0 Å². The van der Waals surface area contributed by atoms with Crippen LogP contribution in [0.2, 0.25) is 0 Å². The maximum atomic E-state index is 4.85. The largest absolute Gasteiger partial charge is 0.382 e. The van der Waals surface area contributed by atoms with Crippen LogP contribution in [-0.4, -0.2) is 33.7 Å². The summed E-state index contributed by atoms with van der Waals surface area (Å²) in [6.07, 6.45) is 3.28. The molecular weight excluding hydrogens is 334 g/mol. The summed E-state index contributed by atoms with van der Waals surface area (Å²) in [5, 5.41) is 7.08. The van der Waals surface area contributed by atoms with E-state index in [1.165, 1.54) is 29.7 Å². The Morgan fingerprint density at radius 2 is 1.85 bits per heavy atom. The first-order valence-corrected chi connectivity index (χ1v) is 10.0. The summed E-state index contributed by atoms with van der Waals surface area (Å²) in [5.41, 5.74) is 6.77. The van der Waals surface area contributed by atoms with Crippen LogP contribution in [0.5, 0.6) is 0 Å². The van der Waals surface area contributed by atoms with Gasteiger partial charge in [-0.15, -0.1) is 0 Å². The number of aromatic nitrogens is 3. The van der Waals surface area contributed by atoms with Gasteiger partial charge in [0, 0.05) is 23.8 Å². The number of rotatable bonds is 5. The molecule has 1 saturated heterocycles. The summed E-state index contributed by atoms with van der Waals surface area (Å²) in [6, 6.07) is 11.5. The van der Waals surface area contributed by atoms with Crippen molar-refractivity contribution in [3.63, 3.8) is 0 Å². The van der Waals surface area contributed by atoms with E-state index in [0.29, 0.717) is 6.04 Å². The summed E-state index contributed by atoms with van der Waals surface area (Å²) in [6.45, 7) is 9.35. The van der Waals surface area contributed by atoms with Crippen molar-refractivity contribution in [2.75, 3.05) is 18.4 Å². The van der Waals surface area contributed by atoms with Gasteiger partial charge < -0.3 is 15.2 Å². The quantitative estimate of drug-likeness (QED) is 0.723. The summed E-state index contributed by atoms with van der Waals surface area (Å²) in [4.78, 5) is 9.62. The maximum Gasteiger partial charge on any atom is 0.160 e. The highest BCUT2D eigenvalue weighted by Gasteiger charge is 2.15. The zero-order valence-electron chi connectivity index (χ0n) is 16.5. The van der Waals surface area contributed by atoms with E-state index in [2.05, 4.69) is 66.3 Å². The Bertz CT molecular complexity index is 920. The van der Waals surface area contributed by atoms with E-state index in [-0.39, 0.29) is 0 Å². The average Bonchev–Trinajstić information content (AvgIpc) is 3.02. The molecule has 0 aliphatic carbocycles. The number of pyridine rings is 1. The number of hydrogen-bond acceptors (Lipinski definition) is 4. The van der Waals surface area contributed by atoms with Crippen molar-refractivity contribution in [3.8, 4) is 0 Å². The van der Waals surface area contributed by atoms with Crippen molar-refractivity contribution in [1.82, 2.24) is 19.9 Å². The number of benzene rings is 1. The zero-order valence-corrected chi connectivity index (χ0v) is 16.5. The third-order valence-electron chi connectivity index (χ3n) is 5.42. The maximum absolute atomic E-state index is 4.85. The third-order valence-corrected chi connectivity index (χ3v) is 5.42. The third kappa shape index (κ3) is 3.83. The molecule has 4 rings (SSSR count). The summed E-state index contributed by atoms with van der Waals surface area (Å²) in [7, 11) is 0. The zero-order chi connectivity index (χ0) is 18.8. The average molecular weight is 364 g/mol. The smallest absolute Gasteiger partial charge is 0.160 e. The number of fused-ring (bicyclic) bond motifs is 1. The fourth-order valence-electron chi connectivity index (χ4n) is 3.98. The van der Waals surface area contributed by atoms with Crippen LogP contribution >= 0.6 is 0 Å². The lowest BCUT2D eigenvalue weighted by molar-refractivity contribution is 0.479. The van der Waals surface area contributed by atoms with E-state index in [9.17, 15) is 0 Å². The van der Waals surface area contributed by atoms with Gasteiger partial charge in [0.25, 0.3) is 0 Å². The van der Waals surface area contributed by atoms with Gasteiger partial charge in [-0.25, -0.2) is 9.97 Å². The van der Waals surface area contributed by atoms with E-state index >= 15 is 0 Å². The van der Waals surface area contributed by atoms with Crippen molar-refractivity contribution in [2.24, 2.45) is 0 Å². The fourth-order valence-corrected chi connectivity index (χ4v) is 3.98. The number of hydrogen-bond donors (Lipinski definition) is 2. The molecule has 0 bridgehead atoms. The molecule has 0 unspecified atom stereocenters. The van der Waals surface area contributed by atoms with Crippen molar-refractivity contribution < 1.29 is 0 Å². The van der Waals surface area contributed by atoms with Crippen LogP contribution in [-0.2, 0) is 13.0 Å². The Morgan fingerprint density at radius 3 is 2.56 bits per heavy atom. The van der Waals surface area contributed by atoms with Gasteiger partial charge in [0.1, 0.15) is 11.3 Å². The van der Waals surface area contributed by atoms with Gasteiger partial charge in [-0.3, -0.25) is 0 Å². The molecule has 1 aliphatic rings. The predicted molar refractivity (Wildman–Crippen MR) is 111 cm³/mol. The molecule has 2 aromatic heterocycles. The molecule has 5 nitrogen and oxygen atoms in total. The van der Waals surface area contributed by atoms with Gasteiger partial charge >= 0.3 is 0 Å². The number of anilines is 1. The van der Waals surface area contributed by atoms with E-state index in [1.807, 2.05) is 0 Å². The Labute approximate surface area is 161 Å². The first-order valence-electron chi connectivity index (χ1n) is 10.0. The second-order valence-corrected chi connectivity index (χ2v) is 7.59. The molecule has 3 aromatic rings. The minimum absolute atomic E-state index is 0.580. The SMILES string of the molecule is CCc1nc2c(C)cc(C)nc2n1Cc1ccc(NC2CCNCC2)cc1. The number of imidazole rings is 1. The number of aryl methyl sites for hydroxylation is 3. The van der Waals surface area contributed by atoms with Crippen LogP contribution in [0.4, 0.5) is 5.69 Å². The summed E-state index contributed by atoms with van der Waals surface area (Å²) < 4.78 is 2.27. The Hall–Kier alpha value is -2.40. The van der Waals surface area contributed by atoms with Crippen molar-refractivity contribution in [3.05, 3.63) is 53.0 Å². The minimum atomic E-state index is 0.580. The molecular formula is C22H29N5. The first kappa shape index (κ1) is 18.0. The molecule has 1 fully saturated rings. The highest BCUT2D eigenvalue weighted by atomic mass is 15.1.